The number of amides is 1. The zero-order valence-electron chi connectivity index (χ0n) is 20.0. The molecule has 3 fully saturated rings. The molecular weight excluding hydrogens is 436 g/mol. The normalized spacial score (nSPS) is 28.8. The van der Waals surface area contributed by atoms with E-state index in [9.17, 15) is 9.90 Å². The smallest absolute Gasteiger partial charge is 0.253 e. The highest BCUT2D eigenvalue weighted by molar-refractivity contribution is 5.94. The summed E-state index contributed by atoms with van der Waals surface area (Å²) >= 11 is 0. The highest BCUT2D eigenvalue weighted by Gasteiger charge is 2.43. The molecule has 2 aromatic carbocycles. The SMILES string of the molecule is O=C(c1ccc(C[C@@H]2CC[C@H]([C@@H](O)c3ccccc3)N2)cc1)N1CC2CC(n3cccn3)CC2C1. The second-order valence-corrected chi connectivity index (χ2v) is 10.6. The van der Waals surface area contributed by atoms with E-state index in [2.05, 4.69) is 38.3 Å². The molecule has 2 N–H and O–H groups in total. The Hall–Kier alpha value is -2.96. The number of hydrogen-bond acceptors (Lipinski definition) is 4. The number of rotatable bonds is 6. The number of nitrogens with one attached hydrogen (secondary N) is 1. The second kappa shape index (κ2) is 9.59. The molecule has 1 aromatic heterocycles. The third-order valence-corrected chi connectivity index (χ3v) is 8.39. The monoisotopic (exact) mass is 470 g/mol. The minimum atomic E-state index is -0.476. The van der Waals surface area contributed by atoms with Crippen LogP contribution in [0, 0.1) is 11.8 Å². The van der Waals surface area contributed by atoms with E-state index < -0.39 is 6.10 Å². The molecule has 6 heteroatoms. The topological polar surface area (TPSA) is 70.4 Å². The fourth-order valence-corrected chi connectivity index (χ4v) is 6.54. The van der Waals surface area contributed by atoms with Crippen molar-refractivity contribution < 1.29 is 9.90 Å². The number of hydrogen-bond donors (Lipinski definition) is 2. The van der Waals surface area contributed by atoms with Crippen LogP contribution in [0.3, 0.4) is 0 Å². The quantitative estimate of drug-likeness (QED) is 0.571. The minimum absolute atomic E-state index is 0.0887. The molecule has 0 radical (unpaired) electrons. The molecule has 1 aliphatic carbocycles. The highest BCUT2D eigenvalue weighted by atomic mass is 16.3. The number of aliphatic hydroxyl groups is 1. The first-order valence-corrected chi connectivity index (χ1v) is 13.0. The van der Waals surface area contributed by atoms with Crippen molar-refractivity contribution in [1.29, 1.82) is 0 Å². The van der Waals surface area contributed by atoms with Crippen molar-refractivity contribution in [3.63, 3.8) is 0 Å². The van der Waals surface area contributed by atoms with Gasteiger partial charge in [-0.05, 0) is 73.3 Å². The molecule has 2 unspecified atom stereocenters. The van der Waals surface area contributed by atoms with Gasteiger partial charge in [-0.15, -0.1) is 0 Å². The number of carbonyl (C=O) groups excluding carboxylic acids is 1. The van der Waals surface area contributed by atoms with Crippen LogP contribution in [-0.4, -0.2) is 50.9 Å². The van der Waals surface area contributed by atoms with Gasteiger partial charge in [0.05, 0.1) is 12.1 Å². The molecule has 5 atom stereocenters. The van der Waals surface area contributed by atoms with E-state index in [-0.39, 0.29) is 11.9 Å². The number of aromatic nitrogens is 2. The second-order valence-electron chi connectivity index (χ2n) is 10.6. The Morgan fingerprint density at radius 2 is 1.74 bits per heavy atom. The summed E-state index contributed by atoms with van der Waals surface area (Å²) in [5.74, 6) is 1.33. The Balaban J connectivity index is 1.01. The summed E-state index contributed by atoms with van der Waals surface area (Å²) in [7, 11) is 0. The molecule has 182 valence electrons. The number of aliphatic hydroxyl groups excluding tert-OH is 1. The van der Waals surface area contributed by atoms with Gasteiger partial charge in [-0.3, -0.25) is 9.48 Å². The lowest BCUT2D eigenvalue weighted by Gasteiger charge is -2.21. The van der Waals surface area contributed by atoms with Crippen molar-refractivity contribution in [2.24, 2.45) is 11.8 Å². The van der Waals surface area contributed by atoms with Crippen LogP contribution >= 0.6 is 0 Å². The van der Waals surface area contributed by atoms with Crippen molar-refractivity contribution in [2.75, 3.05) is 13.1 Å². The fraction of sp³-hybridized carbons (Fsp3) is 0.448. The molecule has 1 saturated carbocycles. The lowest BCUT2D eigenvalue weighted by Crippen LogP contribution is -2.35. The van der Waals surface area contributed by atoms with E-state index in [1.807, 2.05) is 54.7 Å². The summed E-state index contributed by atoms with van der Waals surface area (Å²) in [6.45, 7) is 1.72. The Morgan fingerprint density at radius 3 is 2.43 bits per heavy atom. The van der Waals surface area contributed by atoms with Crippen LogP contribution in [0.2, 0.25) is 0 Å². The maximum absolute atomic E-state index is 13.2. The first-order valence-electron chi connectivity index (χ1n) is 13.0. The molecule has 3 heterocycles. The first kappa shape index (κ1) is 22.5. The van der Waals surface area contributed by atoms with Crippen molar-refractivity contribution in [3.8, 4) is 0 Å². The Kier molecular flexibility index (Phi) is 6.17. The van der Waals surface area contributed by atoms with Gasteiger partial charge in [0.25, 0.3) is 5.91 Å². The molecule has 6 nitrogen and oxygen atoms in total. The van der Waals surface area contributed by atoms with Gasteiger partial charge in [0.2, 0.25) is 0 Å². The molecule has 35 heavy (non-hydrogen) atoms. The lowest BCUT2D eigenvalue weighted by atomic mass is 10.0. The van der Waals surface area contributed by atoms with Crippen molar-refractivity contribution in [2.45, 2.75) is 56.3 Å². The van der Waals surface area contributed by atoms with E-state index in [1.54, 1.807) is 0 Å². The molecular formula is C29H34N4O2. The zero-order chi connectivity index (χ0) is 23.8. The number of likely N-dealkylation sites (tertiary alicyclic amines) is 1. The highest BCUT2D eigenvalue weighted by Crippen LogP contribution is 2.43. The van der Waals surface area contributed by atoms with Crippen LogP contribution in [0.1, 0.15) is 59.3 Å². The maximum atomic E-state index is 13.2. The summed E-state index contributed by atoms with van der Waals surface area (Å²) in [5.41, 5.74) is 2.99. The Bertz CT molecular complexity index is 1120. The summed E-state index contributed by atoms with van der Waals surface area (Å²) in [6, 6.07) is 21.0. The number of nitrogens with zero attached hydrogens (tertiary/aromatic N) is 3. The van der Waals surface area contributed by atoms with Crippen LogP contribution in [0.4, 0.5) is 0 Å². The van der Waals surface area contributed by atoms with Gasteiger partial charge in [-0.25, -0.2) is 0 Å². The number of benzene rings is 2. The van der Waals surface area contributed by atoms with Gasteiger partial charge in [0, 0.05) is 43.1 Å². The van der Waals surface area contributed by atoms with Gasteiger partial charge in [0.15, 0.2) is 0 Å². The van der Waals surface area contributed by atoms with Crippen LogP contribution in [0.25, 0.3) is 0 Å². The number of carbonyl (C=O) groups is 1. The van der Waals surface area contributed by atoms with Crippen LogP contribution in [-0.2, 0) is 6.42 Å². The van der Waals surface area contributed by atoms with Crippen LogP contribution in [0.5, 0.6) is 0 Å². The molecule has 0 bridgehead atoms. The van der Waals surface area contributed by atoms with Crippen molar-refractivity contribution in [3.05, 3.63) is 89.7 Å². The average molecular weight is 471 g/mol. The van der Waals surface area contributed by atoms with E-state index in [0.717, 1.165) is 56.3 Å². The molecule has 3 aliphatic rings. The van der Waals surface area contributed by atoms with Gasteiger partial charge in [0.1, 0.15) is 0 Å². The summed E-state index contributed by atoms with van der Waals surface area (Å²) < 4.78 is 2.09. The van der Waals surface area contributed by atoms with Gasteiger partial charge in [-0.2, -0.15) is 5.10 Å². The standard InChI is InChI=1S/C29H34N4O2/c34-28(21-5-2-1-3-6-21)27-12-11-25(31-27)15-20-7-9-22(10-8-20)29(35)32-18-23-16-26(17-24(23)19-32)33-14-4-13-30-33/h1-10,13-14,23-28,31,34H,11-12,15-19H2/t23?,24?,25-,26?,27+,28-/m0/s1. The van der Waals surface area contributed by atoms with Gasteiger partial charge < -0.3 is 15.3 Å². The van der Waals surface area contributed by atoms with Crippen molar-refractivity contribution in [1.82, 2.24) is 20.0 Å². The van der Waals surface area contributed by atoms with E-state index in [0.29, 0.717) is 23.9 Å². The summed E-state index contributed by atoms with van der Waals surface area (Å²) in [6.07, 6.45) is 8.59. The molecule has 2 saturated heterocycles. The molecule has 2 aliphatic heterocycles. The van der Waals surface area contributed by atoms with Crippen LogP contribution < -0.4 is 5.32 Å². The largest absolute Gasteiger partial charge is 0.387 e. The predicted molar refractivity (Wildman–Crippen MR) is 135 cm³/mol. The maximum Gasteiger partial charge on any atom is 0.253 e. The third-order valence-electron chi connectivity index (χ3n) is 8.39. The minimum Gasteiger partial charge on any atom is -0.387 e. The van der Waals surface area contributed by atoms with Crippen molar-refractivity contribution >= 4 is 5.91 Å². The predicted octanol–water partition coefficient (Wildman–Crippen LogP) is 4.00. The third kappa shape index (κ3) is 4.65. The summed E-state index contributed by atoms with van der Waals surface area (Å²) in [4.78, 5) is 15.2. The van der Waals surface area contributed by atoms with Gasteiger partial charge in [-0.1, -0.05) is 42.5 Å². The molecule has 0 spiro atoms. The van der Waals surface area contributed by atoms with E-state index in [1.165, 1.54) is 5.56 Å². The molecule has 6 rings (SSSR count). The van der Waals surface area contributed by atoms with Gasteiger partial charge >= 0.3 is 0 Å². The number of fused-ring (bicyclic) bond motifs is 1. The molecule has 3 aromatic rings. The lowest BCUT2D eigenvalue weighted by molar-refractivity contribution is 0.0778. The van der Waals surface area contributed by atoms with E-state index in [4.69, 9.17) is 0 Å². The average Bonchev–Trinajstić information content (AvgIpc) is 3.68. The fourth-order valence-electron chi connectivity index (χ4n) is 6.54. The molecule has 1 amide bonds. The van der Waals surface area contributed by atoms with Crippen LogP contribution in [0.15, 0.2) is 73.1 Å². The first-order chi connectivity index (χ1) is 17.1. The van der Waals surface area contributed by atoms with E-state index >= 15 is 0 Å². The Morgan fingerprint density at radius 1 is 1.00 bits per heavy atom. The Labute approximate surface area is 207 Å². The zero-order valence-corrected chi connectivity index (χ0v) is 20.0. The summed E-state index contributed by atoms with van der Waals surface area (Å²) in [5, 5.41) is 18.8.